The number of hydrogen-bond acceptors (Lipinski definition) is 6. The van der Waals surface area contributed by atoms with Crippen molar-refractivity contribution in [1.29, 1.82) is 0 Å². The van der Waals surface area contributed by atoms with Gasteiger partial charge in [-0.3, -0.25) is 14.9 Å². The van der Waals surface area contributed by atoms with Crippen LogP contribution < -0.4 is 5.32 Å². The summed E-state index contributed by atoms with van der Waals surface area (Å²) >= 11 is 3.29. The molecule has 0 radical (unpaired) electrons. The molecule has 0 bridgehead atoms. The molecule has 4 rings (SSSR count). The van der Waals surface area contributed by atoms with E-state index in [-0.39, 0.29) is 11.3 Å². The number of hydrogen-bond donors (Lipinski definition) is 1. The van der Waals surface area contributed by atoms with E-state index in [0.29, 0.717) is 22.7 Å². The third-order valence-electron chi connectivity index (χ3n) is 3.97. The van der Waals surface area contributed by atoms with Gasteiger partial charge in [0.25, 0.3) is 11.6 Å². The molecule has 28 heavy (non-hydrogen) atoms. The molecule has 0 fully saturated rings. The average Bonchev–Trinajstić information content (AvgIpc) is 3.14. The molecule has 10 heteroatoms. The summed E-state index contributed by atoms with van der Waals surface area (Å²) in [6.07, 6.45) is 4.50. The number of rotatable bonds is 4. The van der Waals surface area contributed by atoms with E-state index >= 15 is 0 Å². The summed E-state index contributed by atoms with van der Waals surface area (Å²) in [6, 6.07) is 11.3. The third kappa shape index (κ3) is 3.32. The Hall–Kier alpha value is -3.66. The highest BCUT2D eigenvalue weighted by molar-refractivity contribution is 9.10. The van der Waals surface area contributed by atoms with Crippen molar-refractivity contribution in [2.45, 2.75) is 0 Å². The minimum Gasteiger partial charge on any atom is -0.306 e. The fourth-order valence-corrected chi connectivity index (χ4v) is 2.92. The van der Waals surface area contributed by atoms with Gasteiger partial charge in [0.05, 0.1) is 16.8 Å². The zero-order valence-corrected chi connectivity index (χ0v) is 15.7. The lowest BCUT2D eigenvalue weighted by atomic mass is 10.1. The molecule has 138 valence electrons. The molecule has 0 aliphatic heterocycles. The Morgan fingerprint density at radius 1 is 1.14 bits per heavy atom. The molecule has 0 spiro atoms. The van der Waals surface area contributed by atoms with Gasteiger partial charge in [-0.05, 0) is 34.1 Å². The van der Waals surface area contributed by atoms with E-state index in [1.165, 1.54) is 29.0 Å². The van der Waals surface area contributed by atoms with Crippen LogP contribution >= 0.6 is 15.9 Å². The van der Waals surface area contributed by atoms with Gasteiger partial charge in [0.1, 0.15) is 11.4 Å². The normalized spacial score (nSPS) is 10.8. The van der Waals surface area contributed by atoms with Gasteiger partial charge < -0.3 is 5.32 Å². The zero-order valence-electron chi connectivity index (χ0n) is 14.1. The van der Waals surface area contributed by atoms with E-state index in [0.717, 1.165) is 4.47 Å². The number of nitrogens with zero attached hydrogens (tertiary/aromatic N) is 5. The molecular weight excluding hydrogens is 428 g/mol. The number of carbonyl (C=O) groups excluding carboxylic acids is 1. The molecule has 9 nitrogen and oxygen atoms in total. The molecule has 1 N–H and O–H groups in total. The fraction of sp³-hybridized carbons (Fsp3) is 0. The second-order valence-electron chi connectivity index (χ2n) is 5.75. The fourth-order valence-electron chi connectivity index (χ4n) is 2.68. The van der Waals surface area contributed by atoms with Crippen molar-refractivity contribution >= 4 is 39.0 Å². The highest BCUT2D eigenvalue weighted by atomic mass is 79.9. The highest BCUT2D eigenvalue weighted by Crippen LogP contribution is 2.25. The topological polar surface area (TPSA) is 115 Å². The van der Waals surface area contributed by atoms with Crippen molar-refractivity contribution in [2.24, 2.45) is 0 Å². The van der Waals surface area contributed by atoms with E-state index in [4.69, 9.17) is 0 Å². The maximum absolute atomic E-state index is 12.6. The predicted octanol–water partition coefficient (Wildman–Crippen LogP) is 3.71. The molecule has 0 aliphatic rings. The van der Waals surface area contributed by atoms with Gasteiger partial charge in [0.2, 0.25) is 0 Å². The van der Waals surface area contributed by atoms with Crippen LogP contribution in [-0.2, 0) is 0 Å². The van der Waals surface area contributed by atoms with Crippen LogP contribution in [-0.4, -0.2) is 30.4 Å². The number of halogens is 1. The average molecular weight is 439 g/mol. The molecular formula is C18H11BrN6O3. The molecule has 0 saturated carbocycles. The monoisotopic (exact) mass is 438 g/mol. The van der Waals surface area contributed by atoms with Crippen molar-refractivity contribution in [3.8, 4) is 11.3 Å². The van der Waals surface area contributed by atoms with E-state index in [1.807, 2.05) is 0 Å². The van der Waals surface area contributed by atoms with Crippen LogP contribution in [0.3, 0.4) is 0 Å². The summed E-state index contributed by atoms with van der Waals surface area (Å²) in [4.78, 5) is 31.6. The molecule has 1 aromatic carbocycles. The lowest BCUT2D eigenvalue weighted by Crippen LogP contribution is -2.13. The van der Waals surface area contributed by atoms with Gasteiger partial charge in [0.15, 0.2) is 5.65 Å². The quantitative estimate of drug-likeness (QED) is 0.383. The second-order valence-corrected chi connectivity index (χ2v) is 6.66. The number of nitrogens with one attached hydrogen (secondary N) is 1. The number of amides is 1. The summed E-state index contributed by atoms with van der Waals surface area (Å²) < 4.78 is 2.27. The Morgan fingerprint density at radius 2 is 2.00 bits per heavy atom. The molecule has 3 heterocycles. The summed E-state index contributed by atoms with van der Waals surface area (Å²) in [5, 5.41) is 18.0. The molecule has 0 unspecified atom stereocenters. The van der Waals surface area contributed by atoms with E-state index in [2.05, 4.69) is 36.3 Å². The number of fused-ring (bicyclic) bond motifs is 1. The van der Waals surface area contributed by atoms with Gasteiger partial charge >= 0.3 is 0 Å². The van der Waals surface area contributed by atoms with Crippen LogP contribution in [0.15, 0.2) is 65.5 Å². The smallest absolute Gasteiger partial charge is 0.270 e. The van der Waals surface area contributed by atoms with Crippen molar-refractivity contribution in [3.63, 3.8) is 0 Å². The Morgan fingerprint density at radius 3 is 2.75 bits per heavy atom. The Kier molecular flexibility index (Phi) is 4.53. The van der Waals surface area contributed by atoms with Gasteiger partial charge in [-0.2, -0.15) is 5.10 Å². The van der Waals surface area contributed by atoms with Crippen LogP contribution in [0.25, 0.3) is 16.9 Å². The van der Waals surface area contributed by atoms with Crippen LogP contribution in [0.1, 0.15) is 10.4 Å². The molecule has 0 saturated heterocycles. The minimum absolute atomic E-state index is 0.0334. The third-order valence-corrected chi connectivity index (χ3v) is 4.44. The van der Waals surface area contributed by atoms with Crippen molar-refractivity contribution in [2.75, 3.05) is 5.32 Å². The van der Waals surface area contributed by atoms with Crippen molar-refractivity contribution in [1.82, 2.24) is 19.6 Å². The predicted molar refractivity (Wildman–Crippen MR) is 105 cm³/mol. The first-order chi connectivity index (χ1) is 13.5. The standard InChI is InChI=1S/C18H11BrN6O3/c19-12-4-5-16(21-9-12)23-18(26)14-10-22-24-15(6-7-20-17(14)24)11-2-1-3-13(8-11)25(27)28/h1-10H,(H,21,23,26). The number of carbonyl (C=O) groups is 1. The molecule has 1 amide bonds. The maximum Gasteiger partial charge on any atom is 0.270 e. The zero-order chi connectivity index (χ0) is 19.7. The number of nitro benzene ring substituents is 1. The first-order valence-electron chi connectivity index (χ1n) is 8.03. The van der Waals surface area contributed by atoms with Crippen molar-refractivity contribution in [3.05, 3.63) is 81.2 Å². The lowest BCUT2D eigenvalue weighted by molar-refractivity contribution is -0.384. The van der Waals surface area contributed by atoms with Gasteiger partial charge in [0, 0.05) is 34.6 Å². The summed E-state index contributed by atoms with van der Waals surface area (Å²) in [5.41, 5.74) is 1.73. The number of nitro groups is 1. The molecule has 4 aromatic rings. The molecule has 3 aromatic heterocycles. The SMILES string of the molecule is O=C(Nc1ccc(Br)cn1)c1cnn2c(-c3cccc([N+](=O)[O-])c3)ccnc12. The summed E-state index contributed by atoms with van der Waals surface area (Å²) in [5.74, 6) is -0.0177. The first kappa shape index (κ1) is 17.7. The second kappa shape index (κ2) is 7.16. The number of anilines is 1. The summed E-state index contributed by atoms with van der Waals surface area (Å²) in [7, 11) is 0. The largest absolute Gasteiger partial charge is 0.306 e. The Balaban J connectivity index is 1.72. The Labute approximate surface area is 166 Å². The van der Waals surface area contributed by atoms with E-state index in [1.54, 1.807) is 36.5 Å². The van der Waals surface area contributed by atoms with E-state index in [9.17, 15) is 14.9 Å². The number of non-ortho nitro benzene ring substituents is 1. The first-order valence-corrected chi connectivity index (χ1v) is 8.83. The van der Waals surface area contributed by atoms with Gasteiger partial charge in [-0.15, -0.1) is 0 Å². The molecule has 0 aliphatic carbocycles. The van der Waals surface area contributed by atoms with Gasteiger partial charge in [-0.1, -0.05) is 12.1 Å². The van der Waals surface area contributed by atoms with E-state index < -0.39 is 10.8 Å². The van der Waals surface area contributed by atoms with Gasteiger partial charge in [-0.25, -0.2) is 14.5 Å². The number of benzene rings is 1. The van der Waals surface area contributed by atoms with Crippen LogP contribution in [0.2, 0.25) is 0 Å². The van der Waals surface area contributed by atoms with Crippen LogP contribution in [0, 0.1) is 10.1 Å². The maximum atomic E-state index is 12.6. The number of pyridine rings is 1. The highest BCUT2D eigenvalue weighted by Gasteiger charge is 2.17. The van der Waals surface area contributed by atoms with Crippen LogP contribution in [0.4, 0.5) is 11.5 Å². The van der Waals surface area contributed by atoms with Crippen molar-refractivity contribution < 1.29 is 9.72 Å². The van der Waals surface area contributed by atoms with Crippen LogP contribution in [0.5, 0.6) is 0 Å². The Bertz CT molecular complexity index is 1210. The number of aromatic nitrogens is 4. The minimum atomic E-state index is -0.463. The lowest BCUT2D eigenvalue weighted by Gasteiger charge is -2.06. The molecule has 0 atom stereocenters. The summed E-state index contributed by atoms with van der Waals surface area (Å²) in [6.45, 7) is 0.